The predicted molar refractivity (Wildman–Crippen MR) is 234 cm³/mol. The van der Waals surface area contributed by atoms with E-state index >= 15 is 0 Å². The molecule has 6 aromatic rings. The summed E-state index contributed by atoms with van der Waals surface area (Å²) in [4.78, 5) is 29.0. The molecule has 4 aromatic carbocycles. The third kappa shape index (κ3) is 11.6. The highest BCUT2D eigenvalue weighted by molar-refractivity contribution is 5.83. The lowest BCUT2D eigenvalue weighted by Crippen LogP contribution is -2.15. The van der Waals surface area contributed by atoms with Gasteiger partial charge < -0.3 is 38.8 Å². The molecule has 0 bridgehead atoms. The summed E-state index contributed by atoms with van der Waals surface area (Å²) in [5.41, 5.74) is 11.9. The normalized spacial score (nSPS) is 14.8. The zero-order chi connectivity index (χ0) is 41.8. The molecule has 2 fully saturated rings. The zero-order valence-corrected chi connectivity index (χ0v) is 35.1. The van der Waals surface area contributed by atoms with Crippen molar-refractivity contribution in [1.29, 1.82) is 0 Å². The smallest absolute Gasteiger partial charge is 0.306 e. The van der Waals surface area contributed by atoms with Crippen molar-refractivity contribution in [3.63, 3.8) is 0 Å². The van der Waals surface area contributed by atoms with Crippen LogP contribution in [-0.4, -0.2) is 60.0 Å². The molecule has 10 nitrogen and oxygen atoms in total. The molecule has 0 unspecified atom stereocenters. The van der Waals surface area contributed by atoms with E-state index in [0.717, 1.165) is 102 Å². The molecule has 0 atom stereocenters. The van der Waals surface area contributed by atoms with Crippen LogP contribution in [0.15, 0.2) is 84.9 Å². The van der Waals surface area contributed by atoms with Crippen LogP contribution in [0.3, 0.4) is 0 Å². The minimum atomic E-state index is -0.786. The van der Waals surface area contributed by atoms with Crippen molar-refractivity contribution in [2.75, 3.05) is 33.0 Å². The number of hydrogen-bond donors (Lipinski definition) is 3. The lowest BCUT2D eigenvalue weighted by molar-refractivity contribution is -0.143. The summed E-state index contributed by atoms with van der Waals surface area (Å²) < 4.78 is 28.1. The Kier molecular flexibility index (Phi) is 14.6. The van der Waals surface area contributed by atoms with E-state index in [0.29, 0.717) is 50.9 Å². The Morgan fingerprint density at radius 2 is 1.10 bits per heavy atom. The van der Waals surface area contributed by atoms with Gasteiger partial charge in [0.2, 0.25) is 0 Å². The number of carboxylic acid groups (broad SMARTS) is 1. The number of nitrogens with one attached hydrogen (secondary N) is 2. The summed E-state index contributed by atoms with van der Waals surface area (Å²) in [5, 5.41) is 11.0. The lowest BCUT2D eigenvalue weighted by Gasteiger charge is -2.24. The minimum Gasteiger partial charge on any atom is -0.489 e. The molecule has 10 heteroatoms. The van der Waals surface area contributed by atoms with Crippen molar-refractivity contribution >= 4 is 33.7 Å². The molecule has 3 N–H and O–H groups in total. The van der Waals surface area contributed by atoms with Crippen LogP contribution < -0.4 is 9.47 Å². The molecule has 8 rings (SSSR count). The molecule has 4 heterocycles. The summed E-state index contributed by atoms with van der Waals surface area (Å²) in [6.45, 7) is 11.1. The van der Waals surface area contributed by atoms with Crippen LogP contribution in [0.1, 0.15) is 102 Å². The number of ether oxygens (including phenoxy) is 5. The SMILES string of the molecule is CCOC(=O)CCc1cc2cc(OCc3ccc(C4CCOCC4)c(C)c3)ccc2[nH]1.Cc1cc(COc2ccc3[nH]c(CCC(=O)O)cc3c2)ccc1C1CCOCC1. The fraction of sp³-hybridized carbons (Fsp3) is 0.400. The summed E-state index contributed by atoms with van der Waals surface area (Å²) in [5.74, 6) is 1.92. The summed E-state index contributed by atoms with van der Waals surface area (Å²) >= 11 is 0. The Hall–Kier alpha value is -5.58. The summed E-state index contributed by atoms with van der Waals surface area (Å²) in [6.07, 6.45) is 6.06. The molecule has 2 aliphatic heterocycles. The number of rotatable bonds is 15. The maximum Gasteiger partial charge on any atom is 0.306 e. The van der Waals surface area contributed by atoms with E-state index in [1.165, 1.54) is 27.8 Å². The fourth-order valence-electron chi connectivity index (χ4n) is 8.42. The number of esters is 1. The van der Waals surface area contributed by atoms with E-state index in [1.807, 2.05) is 49.4 Å². The molecule has 0 spiro atoms. The van der Waals surface area contributed by atoms with Crippen LogP contribution >= 0.6 is 0 Å². The van der Waals surface area contributed by atoms with Gasteiger partial charge in [-0.05, 0) is 153 Å². The predicted octanol–water partition coefficient (Wildman–Crippen LogP) is 10.4. The van der Waals surface area contributed by atoms with Gasteiger partial charge >= 0.3 is 11.9 Å². The minimum absolute atomic E-state index is 0.124. The average Bonchev–Trinajstić information content (AvgIpc) is 3.87. The molecule has 60 heavy (non-hydrogen) atoms. The Labute approximate surface area is 352 Å². The van der Waals surface area contributed by atoms with Gasteiger partial charge in [-0.3, -0.25) is 9.59 Å². The van der Waals surface area contributed by atoms with Crippen LogP contribution in [0.4, 0.5) is 0 Å². The average molecular weight is 815 g/mol. The number of aromatic amines is 2. The molecule has 0 saturated carbocycles. The molecular weight excluding hydrogens is 757 g/mol. The molecule has 2 aliphatic rings. The highest BCUT2D eigenvalue weighted by Crippen LogP contribution is 2.32. The largest absolute Gasteiger partial charge is 0.489 e. The van der Waals surface area contributed by atoms with E-state index in [2.05, 4.69) is 66.3 Å². The number of carbonyl (C=O) groups excluding carboxylic acids is 1. The van der Waals surface area contributed by atoms with Gasteiger partial charge in [-0.1, -0.05) is 36.4 Å². The Balaban J connectivity index is 0.000000182. The first-order valence-corrected chi connectivity index (χ1v) is 21.4. The second-order valence-electron chi connectivity index (χ2n) is 16.0. The topological polar surface area (TPSA) is 132 Å². The van der Waals surface area contributed by atoms with Crippen LogP contribution in [0.2, 0.25) is 0 Å². The second kappa shape index (κ2) is 20.6. The van der Waals surface area contributed by atoms with Gasteiger partial charge in [0, 0.05) is 59.6 Å². The van der Waals surface area contributed by atoms with Gasteiger partial charge in [-0.25, -0.2) is 0 Å². The maximum absolute atomic E-state index is 11.6. The number of carboxylic acids is 1. The lowest BCUT2D eigenvalue weighted by atomic mass is 9.88. The van der Waals surface area contributed by atoms with Crippen LogP contribution in [0.25, 0.3) is 21.8 Å². The number of fused-ring (bicyclic) bond motifs is 2. The molecule has 316 valence electrons. The highest BCUT2D eigenvalue weighted by Gasteiger charge is 2.19. The Bertz CT molecular complexity index is 2370. The van der Waals surface area contributed by atoms with Crippen LogP contribution in [-0.2, 0) is 49.9 Å². The number of aromatic nitrogens is 2. The van der Waals surface area contributed by atoms with E-state index < -0.39 is 5.97 Å². The first-order valence-electron chi connectivity index (χ1n) is 21.4. The molecule has 2 aromatic heterocycles. The number of hydrogen-bond acceptors (Lipinski definition) is 7. The van der Waals surface area contributed by atoms with Crippen molar-refractivity contribution in [2.45, 2.75) is 97.2 Å². The molecule has 0 aliphatic carbocycles. The molecule has 0 amide bonds. The van der Waals surface area contributed by atoms with Gasteiger partial charge in [0.05, 0.1) is 19.4 Å². The fourth-order valence-corrected chi connectivity index (χ4v) is 8.42. The van der Waals surface area contributed by atoms with E-state index in [9.17, 15) is 9.59 Å². The Morgan fingerprint density at radius 1 is 0.633 bits per heavy atom. The first-order chi connectivity index (χ1) is 29.2. The van der Waals surface area contributed by atoms with Crippen LogP contribution in [0, 0.1) is 13.8 Å². The van der Waals surface area contributed by atoms with Crippen molar-refractivity contribution in [2.24, 2.45) is 0 Å². The van der Waals surface area contributed by atoms with Gasteiger partial charge in [0.15, 0.2) is 0 Å². The highest BCUT2D eigenvalue weighted by atomic mass is 16.5. The van der Waals surface area contributed by atoms with Gasteiger partial charge in [0.1, 0.15) is 24.7 Å². The third-order valence-corrected chi connectivity index (χ3v) is 11.6. The van der Waals surface area contributed by atoms with Crippen molar-refractivity contribution in [3.05, 3.63) is 130 Å². The monoisotopic (exact) mass is 814 g/mol. The number of aliphatic carboxylic acids is 1. The van der Waals surface area contributed by atoms with E-state index in [-0.39, 0.29) is 12.4 Å². The second-order valence-corrected chi connectivity index (χ2v) is 16.0. The molecule has 2 saturated heterocycles. The van der Waals surface area contributed by atoms with E-state index in [4.69, 9.17) is 28.8 Å². The van der Waals surface area contributed by atoms with Gasteiger partial charge in [-0.2, -0.15) is 0 Å². The van der Waals surface area contributed by atoms with Crippen molar-refractivity contribution in [3.8, 4) is 11.5 Å². The number of carbonyl (C=O) groups is 2. The quantitative estimate of drug-likeness (QED) is 0.0873. The summed E-state index contributed by atoms with van der Waals surface area (Å²) in [7, 11) is 0. The number of aryl methyl sites for hydroxylation is 4. The molecule has 0 radical (unpaired) electrons. The van der Waals surface area contributed by atoms with Gasteiger partial charge in [-0.15, -0.1) is 0 Å². The summed E-state index contributed by atoms with van der Waals surface area (Å²) in [6, 6.07) is 29.4. The first kappa shape index (κ1) is 42.5. The third-order valence-electron chi connectivity index (χ3n) is 11.6. The maximum atomic E-state index is 11.6. The van der Waals surface area contributed by atoms with Crippen molar-refractivity contribution in [1.82, 2.24) is 9.97 Å². The van der Waals surface area contributed by atoms with Crippen LogP contribution in [0.5, 0.6) is 11.5 Å². The van der Waals surface area contributed by atoms with E-state index in [1.54, 1.807) is 0 Å². The Morgan fingerprint density at radius 3 is 1.53 bits per heavy atom. The molecular formula is C50H58N2O8. The zero-order valence-electron chi connectivity index (χ0n) is 35.1. The number of benzene rings is 4. The number of H-pyrrole nitrogens is 2. The standard InChI is InChI=1S/C26H31NO4.C24H27NO4/c1-3-30-26(28)9-5-22-15-21-16-23(6-8-25(21)27-22)31-17-19-4-7-24(18(2)14-19)20-10-12-29-13-11-20;1-16-12-17(2-5-22(16)18-8-10-28-11-9-18)15-29-21-4-6-23-19(14-21)13-20(25-23)3-7-24(26)27/h4,6-8,14-16,20,27H,3,5,9-13,17H2,1-2H3;2,4-6,12-14,18,25H,3,7-11,15H2,1H3,(H,26,27). The van der Waals surface area contributed by atoms with Crippen molar-refractivity contribution < 1.29 is 38.4 Å². The van der Waals surface area contributed by atoms with Gasteiger partial charge in [0.25, 0.3) is 0 Å².